The van der Waals surface area contributed by atoms with Crippen LogP contribution in [-0.4, -0.2) is 35.1 Å². The molecule has 1 aromatic carbocycles. The Kier molecular flexibility index (Phi) is 11.2. The first-order valence-electron chi connectivity index (χ1n) is 12.4. The standard InChI is InChI=1S/C28H41NO5/c1-6-21(14-22-11-12-29-18-22)7-9-26(34-20(4)30)17-25(31)15-24(13-19(2)3)23-8-10-27(32)28(16-23)33-5/h8,10-12,16,18-19,21,24,26,29,32H,6-7,9,13-15,17H2,1-5H3/t21-,24+,26-/m1/s1. The van der Waals surface area contributed by atoms with Gasteiger partial charge in [-0.1, -0.05) is 33.3 Å². The average molecular weight is 472 g/mol. The van der Waals surface area contributed by atoms with Crippen molar-refractivity contribution >= 4 is 11.8 Å². The minimum atomic E-state index is -0.403. The van der Waals surface area contributed by atoms with Gasteiger partial charge in [0.25, 0.3) is 0 Å². The molecule has 0 amide bonds. The number of Topliss-reactive ketones (excluding diaryl/α,β-unsaturated/α-hetero) is 1. The summed E-state index contributed by atoms with van der Waals surface area (Å²) in [7, 11) is 1.52. The van der Waals surface area contributed by atoms with E-state index < -0.39 is 6.10 Å². The number of nitrogens with one attached hydrogen (secondary N) is 1. The number of aromatic hydroxyl groups is 1. The summed E-state index contributed by atoms with van der Waals surface area (Å²) in [4.78, 5) is 27.9. The molecule has 2 rings (SSSR count). The van der Waals surface area contributed by atoms with Crippen molar-refractivity contribution in [3.8, 4) is 11.5 Å². The van der Waals surface area contributed by atoms with Crippen LogP contribution in [0.1, 0.15) is 83.3 Å². The van der Waals surface area contributed by atoms with E-state index in [1.165, 1.54) is 19.6 Å². The summed E-state index contributed by atoms with van der Waals surface area (Å²) in [5, 5.41) is 9.95. The quantitative estimate of drug-likeness (QED) is 0.302. The van der Waals surface area contributed by atoms with Crippen molar-refractivity contribution in [1.82, 2.24) is 4.98 Å². The van der Waals surface area contributed by atoms with Crippen LogP contribution in [0.5, 0.6) is 11.5 Å². The molecular weight excluding hydrogens is 430 g/mol. The lowest BCUT2D eigenvalue weighted by Gasteiger charge is -2.23. The van der Waals surface area contributed by atoms with Crippen LogP contribution in [0.2, 0.25) is 0 Å². The fraction of sp³-hybridized carbons (Fsp3) is 0.571. The fourth-order valence-electron chi connectivity index (χ4n) is 4.59. The van der Waals surface area contributed by atoms with Crippen LogP contribution in [0.25, 0.3) is 0 Å². The van der Waals surface area contributed by atoms with E-state index in [1.807, 2.05) is 24.5 Å². The van der Waals surface area contributed by atoms with Gasteiger partial charge in [-0.3, -0.25) is 9.59 Å². The van der Waals surface area contributed by atoms with Crippen LogP contribution in [0, 0.1) is 11.8 Å². The third-order valence-corrected chi connectivity index (χ3v) is 6.35. The van der Waals surface area contributed by atoms with E-state index >= 15 is 0 Å². The molecule has 2 aromatic rings. The lowest BCUT2D eigenvalue weighted by atomic mass is 9.85. The van der Waals surface area contributed by atoms with Gasteiger partial charge in [0.2, 0.25) is 0 Å². The Morgan fingerprint density at radius 2 is 1.88 bits per heavy atom. The number of rotatable bonds is 15. The molecule has 0 unspecified atom stereocenters. The normalized spacial score (nSPS) is 13.9. The minimum Gasteiger partial charge on any atom is -0.504 e. The van der Waals surface area contributed by atoms with E-state index in [9.17, 15) is 14.7 Å². The predicted octanol–water partition coefficient (Wildman–Crippen LogP) is 6.19. The zero-order valence-corrected chi connectivity index (χ0v) is 21.3. The third-order valence-electron chi connectivity index (χ3n) is 6.35. The molecule has 1 heterocycles. The van der Waals surface area contributed by atoms with Gasteiger partial charge in [0.05, 0.1) is 7.11 Å². The van der Waals surface area contributed by atoms with Crippen molar-refractivity contribution < 1.29 is 24.2 Å². The molecular formula is C28H41NO5. The zero-order valence-electron chi connectivity index (χ0n) is 21.3. The molecule has 0 bridgehead atoms. The molecule has 34 heavy (non-hydrogen) atoms. The van der Waals surface area contributed by atoms with Gasteiger partial charge >= 0.3 is 5.97 Å². The van der Waals surface area contributed by atoms with Crippen molar-refractivity contribution in [3.63, 3.8) is 0 Å². The van der Waals surface area contributed by atoms with Crippen LogP contribution in [0.4, 0.5) is 0 Å². The van der Waals surface area contributed by atoms with E-state index in [0.717, 1.165) is 31.2 Å². The number of benzene rings is 1. The summed E-state index contributed by atoms with van der Waals surface area (Å²) in [5.41, 5.74) is 2.24. The van der Waals surface area contributed by atoms with Crippen LogP contribution in [0.15, 0.2) is 36.7 Å². The highest BCUT2D eigenvalue weighted by atomic mass is 16.5. The van der Waals surface area contributed by atoms with Crippen LogP contribution in [-0.2, 0) is 20.7 Å². The maximum atomic E-state index is 13.1. The van der Waals surface area contributed by atoms with Crippen molar-refractivity contribution in [3.05, 3.63) is 47.8 Å². The summed E-state index contributed by atoms with van der Waals surface area (Å²) in [6.07, 6.45) is 8.56. The van der Waals surface area contributed by atoms with Gasteiger partial charge in [-0.05, 0) is 72.8 Å². The van der Waals surface area contributed by atoms with E-state index in [0.29, 0.717) is 30.4 Å². The first kappa shape index (κ1) is 27.5. The number of ketones is 1. The molecule has 0 radical (unpaired) electrons. The number of carbonyl (C=O) groups excluding carboxylic acids is 2. The van der Waals surface area contributed by atoms with Crippen LogP contribution in [0.3, 0.4) is 0 Å². The molecule has 1 aromatic heterocycles. The highest BCUT2D eigenvalue weighted by molar-refractivity contribution is 5.80. The van der Waals surface area contributed by atoms with E-state index in [2.05, 4.69) is 31.8 Å². The number of phenols is 1. The number of carbonyl (C=O) groups is 2. The van der Waals surface area contributed by atoms with E-state index in [4.69, 9.17) is 9.47 Å². The van der Waals surface area contributed by atoms with Crippen molar-refractivity contribution in [1.29, 1.82) is 0 Å². The molecule has 0 spiro atoms. The first-order chi connectivity index (χ1) is 16.2. The number of ether oxygens (including phenoxy) is 2. The molecule has 0 saturated carbocycles. The second kappa shape index (κ2) is 13.8. The van der Waals surface area contributed by atoms with Gasteiger partial charge in [0, 0.05) is 32.2 Å². The number of aromatic amines is 1. The maximum absolute atomic E-state index is 13.1. The van der Waals surface area contributed by atoms with Gasteiger partial charge in [-0.2, -0.15) is 0 Å². The Hall–Kier alpha value is -2.76. The minimum absolute atomic E-state index is 0.0111. The summed E-state index contributed by atoms with van der Waals surface area (Å²) in [6, 6.07) is 7.37. The zero-order chi connectivity index (χ0) is 25.1. The van der Waals surface area contributed by atoms with Crippen LogP contribution < -0.4 is 4.74 Å². The molecule has 0 aliphatic rings. The second-order valence-corrected chi connectivity index (χ2v) is 9.71. The number of methoxy groups -OCH3 is 1. The molecule has 2 N–H and O–H groups in total. The predicted molar refractivity (Wildman–Crippen MR) is 134 cm³/mol. The average Bonchev–Trinajstić information content (AvgIpc) is 3.28. The Morgan fingerprint density at radius 3 is 2.47 bits per heavy atom. The van der Waals surface area contributed by atoms with Gasteiger partial charge in [-0.25, -0.2) is 0 Å². The SMILES string of the molecule is CC[C@H](CC[C@H](CC(=O)C[C@H](CC(C)C)c1ccc(O)c(OC)c1)OC(C)=O)Cc1cc[nH]c1. The number of hydrogen-bond donors (Lipinski definition) is 2. The fourth-order valence-corrected chi connectivity index (χ4v) is 4.59. The van der Waals surface area contributed by atoms with Gasteiger partial charge in [0.15, 0.2) is 11.5 Å². The Balaban J connectivity index is 2.04. The van der Waals surface area contributed by atoms with Crippen molar-refractivity contribution in [2.75, 3.05) is 7.11 Å². The van der Waals surface area contributed by atoms with Gasteiger partial charge < -0.3 is 19.6 Å². The third kappa shape index (κ3) is 9.24. The van der Waals surface area contributed by atoms with Gasteiger partial charge in [-0.15, -0.1) is 0 Å². The molecule has 0 aliphatic heterocycles. The number of aromatic nitrogens is 1. The van der Waals surface area contributed by atoms with Crippen molar-refractivity contribution in [2.45, 2.75) is 84.7 Å². The topological polar surface area (TPSA) is 88.6 Å². The first-order valence-corrected chi connectivity index (χ1v) is 12.4. The van der Waals surface area contributed by atoms with Crippen molar-refractivity contribution in [2.24, 2.45) is 11.8 Å². The smallest absolute Gasteiger partial charge is 0.302 e. The summed E-state index contributed by atoms with van der Waals surface area (Å²) < 4.78 is 10.8. The molecule has 6 heteroatoms. The molecule has 3 atom stereocenters. The molecule has 0 saturated heterocycles. The second-order valence-electron chi connectivity index (χ2n) is 9.71. The largest absolute Gasteiger partial charge is 0.504 e. The molecule has 188 valence electrons. The maximum Gasteiger partial charge on any atom is 0.302 e. The lowest BCUT2D eigenvalue weighted by Crippen LogP contribution is -2.23. The molecule has 6 nitrogen and oxygen atoms in total. The lowest BCUT2D eigenvalue weighted by molar-refractivity contribution is -0.148. The number of esters is 1. The van der Waals surface area contributed by atoms with E-state index in [-0.39, 0.29) is 29.8 Å². The monoisotopic (exact) mass is 471 g/mol. The summed E-state index contributed by atoms with van der Waals surface area (Å²) >= 11 is 0. The van der Waals surface area contributed by atoms with Gasteiger partial charge in [0.1, 0.15) is 11.9 Å². The summed E-state index contributed by atoms with van der Waals surface area (Å²) in [6.45, 7) is 7.84. The van der Waals surface area contributed by atoms with Crippen LogP contribution >= 0.6 is 0 Å². The summed E-state index contributed by atoms with van der Waals surface area (Å²) in [5.74, 6) is 1.12. The Labute approximate surface area is 204 Å². The molecule has 0 fully saturated rings. The highest BCUT2D eigenvalue weighted by Crippen LogP contribution is 2.34. The number of H-pyrrole nitrogens is 1. The Morgan fingerprint density at radius 1 is 1.12 bits per heavy atom. The number of phenolic OH excluding ortho intramolecular Hbond substituents is 1. The highest BCUT2D eigenvalue weighted by Gasteiger charge is 2.24. The Bertz CT molecular complexity index is 890. The molecule has 0 aliphatic carbocycles. The number of hydrogen-bond acceptors (Lipinski definition) is 5. The van der Waals surface area contributed by atoms with E-state index in [1.54, 1.807) is 6.07 Å².